The summed E-state index contributed by atoms with van der Waals surface area (Å²) in [5.74, 6) is -3.94. The predicted octanol–water partition coefficient (Wildman–Crippen LogP) is 5.49. The molecular weight excluding hydrogens is 506 g/mol. The van der Waals surface area contributed by atoms with Crippen molar-refractivity contribution in [1.82, 2.24) is 20.1 Å². The van der Waals surface area contributed by atoms with Gasteiger partial charge < -0.3 is 10.4 Å². The molecule has 0 amide bonds. The molecule has 1 aliphatic heterocycles. The Morgan fingerprint density at radius 3 is 2.54 bits per heavy atom. The minimum Gasteiger partial charge on any atom is -0.481 e. The van der Waals surface area contributed by atoms with Crippen molar-refractivity contribution in [2.24, 2.45) is 5.41 Å². The zero-order chi connectivity index (χ0) is 25.3. The van der Waals surface area contributed by atoms with Gasteiger partial charge in [-0.15, -0.1) is 0 Å². The molecule has 3 N–H and O–H groups in total. The number of H-pyrrole nitrogens is 1. The molecule has 4 rings (SSSR count). The van der Waals surface area contributed by atoms with Crippen LogP contribution in [0.1, 0.15) is 29.8 Å². The van der Waals surface area contributed by atoms with Crippen LogP contribution in [0.4, 0.5) is 24.8 Å². The fourth-order valence-electron chi connectivity index (χ4n) is 4.20. The zero-order valence-corrected chi connectivity index (χ0v) is 20.2. The Labute approximate surface area is 209 Å². The summed E-state index contributed by atoms with van der Waals surface area (Å²) in [6.45, 7) is 2.65. The highest BCUT2D eigenvalue weighted by Gasteiger charge is 2.43. The quantitative estimate of drug-likeness (QED) is 0.376. The van der Waals surface area contributed by atoms with Gasteiger partial charge in [-0.2, -0.15) is 5.10 Å². The van der Waals surface area contributed by atoms with Crippen LogP contribution in [0.3, 0.4) is 0 Å². The third kappa shape index (κ3) is 5.24. The van der Waals surface area contributed by atoms with E-state index in [1.165, 1.54) is 6.07 Å². The summed E-state index contributed by atoms with van der Waals surface area (Å²) in [4.78, 5) is 18.2. The number of carbonyl (C=O) groups is 1. The summed E-state index contributed by atoms with van der Waals surface area (Å²) in [5.41, 5.74) is -0.500. The molecule has 0 radical (unpaired) electrons. The number of aliphatic carboxylic acids is 1. The van der Waals surface area contributed by atoms with E-state index >= 15 is 0 Å². The van der Waals surface area contributed by atoms with Crippen LogP contribution in [0.5, 0.6) is 0 Å². The molecule has 0 spiro atoms. The van der Waals surface area contributed by atoms with E-state index < -0.39 is 33.9 Å². The van der Waals surface area contributed by atoms with E-state index in [2.05, 4.69) is 20.5 Å². The SMILES string of the molecule is Cc1cc(Nc2nc(CC3(C(=O)O)CCN(Cc4cccc(Cl)c4F)CC3)c(F)c(Cl)c2F)n[nH]1. The molecule has 186 valence electrons. The van der Waals surface area contributed by atoms with Gasteiger partial charge in [0, 0.05) is 30.3 Å². The molecule has 7 nitrogen and oxygen atoms in total. The summed E-state index contributed by atoms with van der Waals surface area (Å²) < 4.78 is 43.7. The van der Waals surface area contributed by atoms with E-state index in [0.717, 1.165) is 0 Å². The van der Waals surface area contributed by atoms with E-state index in [-0.39, 0.29) is 48.2 Å². The number of piperidine rings is 1. The summed E-state index contributed by atoms with van der Waals surface area (Å²) in [6, 6.07) is 6.32. The first-order valence-electron chi connectivity index (χ1n) is 10.8. The predicted molar refractivity (Wildman–Crippen MR) is 125 cm³/mol. The van der Waals surface area contributed by atoms with Crippen molar-refractivity contribution >= 4 is 40.8 Å². The third-order valence-corrected chi connectivity index (χ3v) is 6.87. The molecule has 0 atom stereocenters. The van der Waals surface area contributed by atoms with E-state index in [1.807, 2.05) is 4.90 Å². The smallest absolute Gasteiger partial charge is 0.310 e. The van der Waals surface area contributed by atoms with Gasteiger partial charge in [0.15, 0.2) is 23.3 Å². The molecule has 0 bridgehead atoms. The lowest BCUT2D eigenvalue weighted by Crippen LogP contribution is -2.45. The second kappa shape index (κ2) is 10.0. The molecular formula is C23H22Cl2F3N5O2. The van der Waals surface area contributed by atoms with E-state index in [1.54, 1.807) is 25.1 Å². The van der Waals surface area contributed by atoms with Gasteiger partial charge in [-0.1, -0.05) is 35.3 Å². The van der Waals surface area contributed by atoms with Crippen LogP contribution in [0, 0.1) is 29.8 Å². The van der Waals surface area contributed by atoms with Gasteiger partial charge in [-0.25, -0.2) is 18.2 Å². The maximum absolute atomic E-state index is 14.9. The van der Waals surface area contributed by atoms with Gasteiger partial charge >= 0.3 is 5.97 Å². The number of hydrogen-bond acceptors (Lipinski definition) is 5. The van der Waals surface area contributed by atoms with Gasteiger partial charge in [-0.05, 0) is 38.9 Å². The van der Waals surface area contributed by atoms with Crippen molar-refractivity contribution in [2.45, 2.75) is 32.7 Å². The lowest BCUT2D eigenvalue weighted by molar-refractivity contribution is -0.152. The number of hydrogen-bond donors (Lipinski definition) is 3. The van der Waals surface area contributed by atoms with Gasteiger partial charge in [-0.3, -0.25) is 14.8 Å². The van der Waals surface area contributed by atoms with E-state index in [0.29, 0.717) is 24.3 Å². The second-order valence-corrected chi connectivity index (χ2v) is 9.45. The maximum Gasteiger partial charge on any atom is 0.310 e. The lowest BCUT2D eigenvalue weighted by atomic mass is 9.74. The molecule has 35 heavy (non-hydrogen) atoms. The third-order valence-electron chi connectivity index (χ3n) is 6.24. The number of halogens is 5. The van der Waals surface area contributed by atoms with Gasteiger partial charge in [0.2, 0.25) is 0 Å². The number of aromatic amines is 1. The summed E-state index contributed by atoms with van der Waals surface area (Å²) >= 11 is 11.7. The van der Waals surface area contributed by atoms with E-state index in [9.17, 15) is 23.1 Å². The summed E-state index contributed by atoms with van der Waals surface area (Å²) in [6.07, 6.45) is 0.0196. The Bertz CT molecular complexity index is 1260. The largest absolute Gasteiger partial charge is 0.481 e. The molecule has 1 aromatic carbocycles. The van der Waals surface area contributed by atoms with Crippen LogP contribution in [0.25, 0.3) is 0 Å². The number of carboxylic acids is 1. The van der Waals surface area contributed by atoms with Crippen molar-refractivity contribution in [3.05, 3.63) is 68.7 Å². The Balaban J connectivity index is 1.54. The topological polar surface area (TPSA) is 94.1 Å². The first-order chi connectivity index (χ1) is 16.6. The second-order valence-electron chi connectivity index (χ2n) is 8.66. The molecule has 3 heterocycles. The van der Waals surface area contributed by atoms with Crippen LogP contribution in [0.15, 0.2) is 24.3 Å². The van der Waals surface area contributed by atoms with Gasteiger partial charge in [0.25, 0.3) is 0 Å². The highest BCUT2D eigenvalue weighted by molar-refractivity contribution is 6.31. The van der Waals surface area contributed by atoms with Gasteiger partial charge in [0.05, 0.1) is 16.1 Å². The lowest BCUT2D eigenvalue weighted by Gasteiger charge is -2.39. The average Bonchev–Trinajstić information content (AvgIpc) is 3.24. The van der Waals surface area contributed by atoms with Crippen LogP contribution >= 0.6 is 23.2 Å². The number of rotatable bonds is 7. The minimum absolute atomic E-state index is 0.0172. The van der Waals surface area contributed by atoms with Crippen LogP contribution < -0.4 is 5.32 Å². The summed E-state index contributed by atoms with van der Waals surface area (Å²) in [7, 11) is 0. The van der Waals surface area contributed by atoms with Crippen LogP contribution in [-0.2, 0) is 17.8 Å². The molecule has 0 aliphatic carbocycles. The number of likely N-dealkylation sites (tertiary alicyclic amines) is 1. The van der Waals surface area contributed by atoms with Gasteiger partial charge in [0.1, 0.15) is 10.8 Å². The normalized spacial score (nSPS) is 15.8. The van der Waals surface area contributed by atoms with E-state index in [4.69, 9.17) is 23.2 Å². The Morgan fingerprint density at radius 2 is 1.91 bits per heavy atom. The van der Waals surface area contributed by atoms with Crippen molar-refractivity contribution < 1.29 is 23.1 Å². The summed E-state index contributed by atoms with van der Waals surface area (Å²) in [5, 5.41) is 18.5. The fourth-order valence-corrected chi connectivity index (χ4v) is 4.59. The number of pyridine rings is 1. The molecule has 1 fully saturated rings. The molecule has 1 saturated heterocycles. The van der Waals surface area contributed by atoms with Crippen molar-refractivity contribution in [3.63, 3.8) is 0 Å². The highest BCUT2D eigenvalue weighted by Crippen LogP contribution is 2.38. The Morgan fingerprint density at radius 1 is 1.20 bits per heavy atom. The highest BCUT2D eigenvalue weighted by atomic mass is 35.5. The molecule has 3 aromatic rings. The number of anilines is 2. The first kappa shape index (κ1) is 25.3. The number of aromatic nitrogens is 3. The molecule has 0 saturated carbocycles. The monoisotopic (exact) mass is 527 g/mol. The Hall–Kier alpha value is -2.82. The number of nitrogens with one attached hydrogen (secondary N) is 2. The molecule has 12 heteroatoms. The molecule has 1 aliphatic rings. The Kier molecular flexibility index (Phi) is 7.25. The number of nitrogens with zero attached hydrogens (tertiary/aromatic N) is 3. The van der Waals surface area contributed by atoms with Crippen molar-refractivity contribution in [2.75, 3.05) is 18.4 Å². The van der Waals surface area contributed by atoms with Crippen LogP contribution in [-0.4, -0.2) is 44.2 Å². The zero-order valence-electron chi connectivity index (χ0n) is 18.6. The minimum atomic E-state index is -1.35. The number of aryl methyl sites for hydroxylation is 1. The van der Waals surface area contributed by atoms with Crippen molar-refractivity contribution in [1.29, 1.82) is 0 Å². The maximum atomic E-state index is 14.9. The first-order valence-corrected chi connectivity index (χ1v) is 11.6. The number of carboxylic acid groups (broad SMARTS) is 1. The van der Waals surface area contributed by atoms with Crippen LogP contribution in [0.2, 0.25) is 10.0 Å². The average molecular weight is 528 g/mol. The number of benzene rings is 1. The fraction of sp³-hybridized carbons (Fsp3) is 0.348. The van der Waals surface area contributed by atoms with Crippen molar-refractivity contribution in [3.8, 4) is 0 Å². The standard InChI is InChI=1S/C23H22Cl2F3N5O2/c1-12-9-16(32-31-12)30-21-20(28)17(25)19(27)15(29-21)10-23(22(34)35)5-7-33(8-6-23)11-13-3-2-4-14(24)18(13)26/h2-4,9H,5-8,10-11H2,1H3,(H,34,35)(H2,29,30,31,32). The molecule has 0 unspecified atom stereocenters. The molecule has 2 aromatic heterocycles.